The second-order valence-electron chi connectivity index (χ2n) is 9.65. The minimum absolute atomic E-state index is 0.122. The number of aromatic nitrogens is 3. The molecule has 182 valence electrons. The molecule has 0 spiro atoms. The van der Waals surface area contributed by atoms with Gasteiger partial charge in [0, 0.05) is 43.7 Å². The summed E-state index contributed by atoms with van der Waals surface area (Å²) >= 11 is 0. The van der Waals surface area contributed by atoms with Crippen molar-refractivity contribution in [1.82, 2.24) is 20.3 Å². The van der Waals surface area contributed by atoms with Gasteiger partial charge in [-0.15, -0.1) is 0 Å². The summed E-state index contributed by atoms with van der Waals surface area (Å²) in [5.74, 6) is 2.01. The molecule has 0 aliphatic carbocycles. The highest BCUT2D eigenvalue weighted by molar-refractivity contribution is 5.95. The molecule has 5 heterocycles. The highest BCUT2D eigenvalue weighted by Crippen LogP contribution is 2.34. The van der Waals surface area contributed by atoms with Crippen molar-refractivity contribution in [2.24, 2.45) is 5.92 Å². The van der Waals surface area contributed by atoms with Crippen LogP contribution in [0.5, 0.6) is 0 Å². The third kappa shape index (κ3) is 4.19. The van der Waals surface area contributed by atoms with Gasteiger partial charge in [-0.3, -0.25) is 4.79 Å². The summed E-state index contributed by atoms with van der Waals surface area (Å²) in [4.78, 5) is 31.7. The molecular formula is C26H30N6O3. The number of anilines is 2. The van der Waals surface area contributed by atoms with Gasteiger partial charge in [0.15, 0.2) is 5.65 Å². The normalized spacial score (nSPS) is 24.1. The number of fused-ring (bicyclic) bond motifs is 3. The van der Waals surface area contributed by atoms with Crippen LogP contribution in [0.25, 0.3) is 22.3 Å². The highest BCUT2D eigenvalue weighted by atomic mass is 16.5. The van der Waals surface area contributed by atoms with Crippen molar-refractivity contribution in [3.63, 3.8) is 0 Å². The molecule has 9 heteroatoms. The molecule has 2 bridgehead atoms. The molecule has 1 aromatic carbocycles. The van der Waals surface area contributed by atoms with Crippen molar-refractivity contribution >= 4 is 28.7 Å². The van der Waals surface area contributed by atoms with Crippen LogP contribution < -0.4 is 15.1 Å². The van der Waals surface area contributed by atoms with E-state index < -0.39 is 0 Å². The number of amides is 1. The van der Waals surface area contributed by atoms with Crippen LogP contribution >= 0.6 is 0 Å². The third-order valence-electron chi connectivity index (χ3n) is 7.17. The van der Waals surface area contributed by atoms with Crippen LogP contribution in [0.1, 0.15) is 23.7 Å². The molecule has 1 N–H and O–H groups in total. The van der Waals surface area contributed by atoms with Crippen molar-refractivity contribution in [2.45, 2.75) is 25.5 Å². The molecule has 3 saturated heterocycles. The Balaban J connectivity index is 1.45. The van der Waals surface area contributed by atoms with E-state index in [9.17, 15) is 4.79 Å². The number of rotatable bonds is 4. The van der Waals surface area contributed by atoms with Crippen LogP contribution in [0.4, 0.5) is 11.8 Å². The van der Waals surface area contributed by atoms with Gasteiger partial charge in [0.2, 0.25) is 5.95 Å². The Morgan fingerprint density at radius 2 is 2.03 bits per heavy atom. The smallest absolute Gasteiger partial charge is 0.251 e. The van der Waals surface area contributed by atoms with Crippen molar-refractivity contribution in [2.75, 3.05) is 56.3 Å². The second-order valence-corrected chi connectivity index (χ2v) is 9.65. The Bertz CT molecular complexity index is 1260. The van der Waals surface area contributed by atoms with Gasteiger partial charge < -0.3 is 24.6 Å². The molecule has 3 aliphatic rings. The summed E-state index contributed by atoms with van der Waals surface area (Å²) in [6, 6.07) is 11.7. The molecule has 2 unspecified atom stereocenters. The number of hydrogen-bond acceptors (Lipinski definition) is 8. The highest BCUT2D eigenvalue weighted by Gasteiger charge is 2.35. The van der Waals surface area contributed by atoms with Crippen LogP contribution in [0, 0.1) is 5.92 Å². The third-order valence-corrected chi connectivity index (χ3v) is 7.17. The van der Waals surface area contributed by atoms with Gasteiger partial charge in [0.05, 0.1) is 43.0 Å². The zero-order chi connectivity index (χ0) is 23.9. The topological polar surface area (TPSA) is 92.7 Å². The van der Waals surface area contributed by atoms with Gasteiger partial charge in [-0.1, -0.05) is 12.1 Å². The Kier molecular flexibility index (Phi) is 5.74. The summed E-state index contributed by atoms with van der Waals surface area (Å²) < 4.78 is 11.6. The zero-order valence-corrected chi connectivity index (χ0v) is 20.1. The molecule has 2 aromatic heterocycles. The number of carbonyl (C=O) groups excluding carboxylic acids is 1. The standard InChI is InChI=1S/C26H30N6O3/c1-16-14-34-9-8-32(16)26-29-23-21(24(30-26)31-12-17-10-20(13-31)35-15-17)6-7-22(28-23)18-4-3-5-19(11-18)25(33)27-2/h3-7,11,16-17,20H,8-10,12-15H2,1-2H3,(H,27,33)/t16-,17?,20?/m0/s1. The maximum atomic E-state index is 12.2. The van der Waals surface area contributed by atoms with E-state index in [2.05, 4.69) is 28.1 Å². The predicted molar refractivity (Wildman–Crippen MR) is 134 cm³/mol. The van der Waals surface area contributed by atoms with Crippen LogP contribution in [0.15, 0.2) is 36.4 Å². The SMILES string of the molecule is CNC(=O)c1cccc(-c2ccc3c(N4CC5COC(C5)C4)nc(N4CCOC[C@@H]4C)nc3n2)c1. The minimum Gasteiger partial charge on any atom is -0.377 e. The zero-order valence-electron chi connectivity index (χ0n) is 20.1. The largest absolute Gasteiger partial charge is 0.377 e. The van der Waals surface area contributed by atoms with E-state index in [1.165, 1.54) is 0 Å². The minimum atomic E-state index is -0.122. The molecule has 6 rings (SSSR count). The molecule has 3 aliphatic heterocycles. The number of benzene rings is 1. The van der Waals surface area contributed by atoms with E-state index in [0.717, 1.165) is 55.1 Å². The number of pyridine rings is 1. The first-order valence-electron chi connectivity index (χ1n) is 12.3. The quantitative estimate of drug-likeness (QED) is 0.617. The Hall–Kier alpha value is -3.30. The molecule has 0 saturated carbocycles. The van der Waals surface area contributed by atoms with E-state index in [-0.39, 0.29) is 18.1 Å². The van der Waals surface area contributed by atoms with Crippen molar-refractivity contribution < 1.29 is 14.3 Å². The van der Waals surface area contributed by atoms with E-state index in [4.69, 9.17) is 24.4 Å². The number of nitrogens with zero attached hydrogens (tertiary/aromatic N) is 5. The maximum Gasteiger partial charge on any atom is 0.251 e. The predicted octanol–water partition coefficient (Wildman–Crippen LogP) is 2.50. The van der Waals surface area contributed by atoms with Gasteiger partial charge in [0.1, 0.15) is 5.82 Å². The summed E-state index contributed by atoms with van der Waals surface area (Å²) in [5, 5.41) is 3.61. The molecule has 1 amide bonds. The van der Waals surface area contributed by atoms with Gasteiger partial charge in [-0.2, -0.15) is 9.97 Å². The van der Waals surface area contributed by atoms with E-state index in [0.29, 0.717) is 36.3 Å². The molecule has 35 heavy (non-hydrogen) atoms. The van der Waals surface area contributed by atoms with Crippen LogP contribution in [0.3, 0.4) is 0 Å². The lowest BCUT2D eigenvalue weighted by atomic mass is 10.00. The average Bonchev–Trinajstić information content (AvgIpc) is 3.24. The average molecular weight is 475 g/mol. The lowest BCUT2D eigenvalue weighted by molar-refractivity contribution is 0.0963. The fourth-order valence-electron chi connectivity index (χ4n) is 5.34. The number of nitrogens with one attached hydrogen (secondary N) is 1. The summed E-state index contributed by atoms with van der Waals surface area (Å²) in [6.07, 6.45) is 1.38. The summed E-state index contributed by atoms with van der Waals surface area (Å²) in [6.45, 7) is 6.76. The molecule has 9 nitrogen and oxygen atoms in total. The van der Waals surface area contributed by atoms with Crippen molar-refractivity contribution in [1.29, 1.82) is 0 Å². The fourth-order valence-corrected chi connectivity index (χ4v) is 5.34. The first kappa shape index (κ1) is 22.2. The molecule has 0 radical (unpaired) electrons. The van der Waals surface area contributed by atoms with Crippen LogP contribution in [-0.4, -0.2) is 79.5 Å². The molecule has 3 atom stereocenters. The number of morpholine rings is 1. The lowest BCUT2D eigenvalue weighted by Crippen LogP contribution is -2.45. The lowest BCUT2D eigenvalue weighted by Gasteiger charge is -2.35. The Labute approximate surface area is 204 Å². The van der Waals surface area contributed by atoms with Crippen molar-refractivity contribution in [3.05, 3.63) is 42.0 Å². The van der Waals surface area contributed by atoms with Gasteiger partial charge in [-0.25, -0.2) is 4.98 Å². The number of piperidine rings is 1. The van der Waals surface area contributed by atoms with Crippen LogP contribution in [-0.2, 0) is 9.47 Å². The van der Waals surface area contributed by atoms with Gasteiger partial charge in [-0.05, 0) is 37.6 Å². The first-order chi connectivity index (χ1) is 17.1. The first-order valence-corrected chi connectivity index (χ1v) is 12.3. The molecular weight excluding hydrogens is 444 g/mol. The monoisotopic (exact) mass is 474 g/mol. The Morgan fingerprint density at radius 3 is 2.86 bits per heavy atom. The number of ether oxygens (including phenoxy) is 2. The number of carbonyl (C=O) groups is 1. The summed E-state index contributed by atoms with van der Waals surface area (Å²) in [7, 11) is 1.63. The molecule has 3 fully saturated rings. The van der Waals surface area contributed by atoms with Crippen molar-refractivity contribution in [3.8, 4) is 11.3 Å². The maximum absolute atomic E-state index is 12.2. The fraction of sp³-hybridized carbons (Fsp3) is 0.462. The van der Waals surface area contributed by atoms with Crippen LogP contribution in [0.2, 0.25) is 0 Å². The van der Waals surface area contributed by atoms with E-state index >= 15 is 0 Å². The number of hydrogen-bond donors (Lipinski definition) is 1. The van der Waals surface area contributed by atoms with Gasteiger partial charge >= 0.3 is 0 Å². The Morgan fingerprint density at radius 1 is 1.11 bits per heavy atom. The van der Waals surface area contributed by atoms with Gasteiger partial charge in [0.25, 0.3) is 5.91 Å². The summed E-state index contributed by atoms with van der Waals surface area (Å²) in [5.41, 5.74) is 2.90. The second kappa shape index (κ2) is 9.05. The molecule has 3 aromatic rings. The van der Waals surface area contributed by atoms with E-state index in [1.807, 2.05) is 24.3 Å². The van der Waals surface area contributed by atoms with E-state index in [1.54, 1.807) is 13.1 Å².